The van der Waals surface area contributed by atoms with Crippen LogP contribution in [0.4, 0.5) is 5.69 Å². The van der Waals surface area contributed by atoms with Crippen molar-refractivity contribution in [3.05, 3.63) is 50.7 Å². The SMILES string of the molecule is COC(=O)CSC(c1cc(Cl)ccc1N)c1sccc1C. The molecule has 0 aliphatic heterocycles. The summed E-state index contributed by atoms with van der Waals surface area (Å²) in [6, 6.07) is 7.49. The van der Waals surface area contributed by atoms with Crippen molar-refractivity contribution >= 4 is 46.4 Å². The summed E-state index contributed by atoms with van der Waals surface area (Å²) in [5, 5.41) is 2.65. The number of thiophene rings is 1. The number of hydrogen-bond donors (Lipinski definition) is 1. The minimum absolute atomic E-state index is 0.0252. The van der Waals surface area contributed by atoms with Crippen molar-refractivity contribution in [2.75, 3.05) is 18.6 Å². The van der Waals surface area contributed by atoms with Gasteiger partial charge in [-0.3, -0.25) is 4.79 Å². The lowest BCUT2D eigenvalue weighted by atomic mass is 10.1. The summed E-state index contributed by atoms with van der Waals surface area (Å²) >= 11 is 9.25. The van der Waals surface area contributed by atoms with Crippen LogP contribution in [-0.4, -0.2) is 18.8 Å². The fraction of sp³-hybridized carbons (Fsp3) is 0.267. The molecule has 2 N–H and O–H groups in total. The number of hydrogen-bond acceptors (Lipinski definition) is 5. The van der Waals surface area contributed by atoms with Crippen LogP contribution < -0.4 is 5.73 Å². The standard InChI is InChI=1S/C15H16ClNO2S2/c1-9-5-6-20-14(9)15(21-8-13(18)19-2)11-7-10(16)3-4-12(11)17/h3-7,15H,8,17H2,1-2H3. The first-order valence-electron chi connectivity index (χ1n) is 6.30. The van der Waals surface area contributed by atoms with Gasteiger partial charge in [-0.2, -0.15) is 0 Å². The maximum Gasteiger partial charge on any atom is 0.315 e. The van der Waals surface area contributed by atoms with Crippen molar-refractivity contribution in [2.24, 2.45) is 0 Å². The lowest BCUT2D eigenvalue weighted by Crippen LogP contribution is -2.08. The molecule has 3 nitrogen and oxygen atoms in total. The van der Waals surface area contributed by atoms with Gasteiger partial charge in [-0.05, 0) is 47.7 Å². The summed E-state index contributed by atoms with van der Waals surface area (Å²) in [5.41, 5.74) is 8.89. The second-order valence-corrected chi connectivity index (χ2v) is 6.99. The van der Waals surface area contributed by atoms with E-state index in [-0.39, 0.29) is 17.0 Å². The molecule has 0 bridgehead atoms. The van der Waals surface area contributed by atoms with Gasteiger partial charge < -0.3 is 10.5 Å². The van der Waals surface area contributed by atoms with E-state index in [0.717, 1.165) is 5.56 Å². The molecular formula is C15H16ClNO2S2. The van der Waals surface area contributed by atoms with E-state index in [1.54, 1.807) is 23.5 Å². The van der Waals surface area contributed by atoms with Crippen LogP contribution >= 0.6 is 34.7 Å². The van der Waals surface area contributed by atoms with Gasteiger partial charge in [-0.25, -0.2) is 0 Å². The number of ether oxygens (including phenoxy) is 1. The number of halogens is 1. The number of nitrogens with two attached hydrogens (primary N) is 1. The van der Waals surface area contributed by atoms with Crippen molar-refractivity contribution in [2.45, 2.75) is 12.2 Å². The lowest BCUT2D eigenvalue weighted by molar-refractivity contribution is -0.137. The number of anilines is 1. The molecule has 1 aromatic carbocycles. The Morgan fingerprint density at radius 3 is 2.86 bits per heavy atom. The molecular weight excluding hydrogens is 326 g/mol. The summed E-state index contributed by atoms with van der Waals surface area (Å²) in [4.78, 5) is 12.6. The van der Waals surface area contributed by atoms with Gasteiger partial charge in [0.25, 0.3) is 0 Å². The quantitative estimate of drug-likeness (QED) is 0.651. The second-order valence-electron chi connectivity index (χ2n) is 4.51. The Kier molecular flexibility index (Phi) is 5.56. The van der Waals surface area contributed by atoms with E-state index in [4.69, 9.17) is 22.1 Å². The molecule has 2 rings (SSSR count). The van der Waals surface area contributed by atoms with Crippen LogP contribution in [0.25, 0.3) is 0 Å². The number of carbonyl (C=O) groups excluding carboxylic acids is 1. The molecule has 6 heteroatoms. The summed E-state index contributed by atoms with van der Waals surface area (Å²) < 4.78 is 4.72. The van der Waals surface area contributed by atoms with Crippen LogP contribution in [-0.2, 0) is 9.53 Å². The van der Waals surface area contributed by atoms with Crippen molar-refractivity contribution in [3.63, 3.8) is 0 Å². The van der Waals surface area contributed by atoms with Crippen molar-refractivity contribution in [1.82, 2.24) is 0 Å². The highest BCUT2D eigenvalue weighted by atomic mass is 35.5. The highest BCUT2D eigenvalue weighted by molar-refractivity contribution is 8.00. The zero-order valence-corrected chi connectivity index (χ0v) is 14.1. The Morgan fingerprint density at radius 1 is 1.48 bits per heavy atom. The zero-order valence-electron chi connectivity index (χ0n) is 11.8. The first kappa shape index (κ1) is 16.2. The van der Waals surface area contributed by atoms with Crippen molar-refractivity contribution in [1.29, 1.82) is 0 Å². The molecule has 0 radical (unpaired) electrons. The predicted octanol–water partition coefficient (Wildman–Crippen LogP) is 4.29. The Morgan fingerprint density at radius 2 is 2.24 bits per heavy atom. The molecule has 0 fully saturated rings. The minimum Gasteiger partial charge on any atom is -0.468 e. The molecule has 0 aliphatic rings. The Balaban J connectivity index is 2.38. The van der Waals surface area contributed by atoms with Crippen LogP contribution in [0.1, 0.15) is 21.3 Å². The predicted molar refractivity (Wildman–Crippen MR) is 91.2 cm³/mol. The van der Waals surface area contributed by atoms with E-state index in [9.17, 15) is 4.79 Å². The topological polar surface area (TPSA) is 52.3 Å². The summed E-state index contributed by atoms with van der Waals surface area (Å²) in [6.07, 6.45) is 0. The van der Waals surface area contributed by atoms with Gasteiger partial charge in [0.15, 0.2) is 0 Å². The Bertz CT molecular complexity index is 642. The van der Waals surface area contributed by atoms with Gasteiger partial charge in [0.1, 0.15) is 0 Å². The number of benzene rings is 1. The zero-order chi connectivity index (χ0) is 15.4. The molecule has 0 aliphatic carbocycles. The summed E-state index contributed by atoms with van der Waals surface area (Å²) in [6.45, 7) is 2.05. The molecule has 112 valence electrons. The lowest BCUT2D eigenvalue weighted by Gasteiger charge is -2.18. The first-order chi connectivity index (χ1) is 10.0. The van der Waals surface area contributed by atoms with E-state index in [1.807, 2.05) is 11.4 Å². The third kappa shape index (κ3) is 3.93. The molecule has 0 saturated carbocycles. The van der Waals surface area contributed by atoms with Crippen molar-refractivity contribution in [3.8, 4) is 0 Å². The highest BCUT2D eigenvalue weighted by Crippen LogP contribution is 2.42. The number of esters is 1. The average Bonchev–Trinajstić information content (AvgIpc) is 2.88. The third-order valence-corrected chi connectivity index (χ3v) is 5.76. The molecule has 0 spiro atoms. The number of rotatable bonds is 5. The number of aryl methyl sites for hydroxylation is 1. The highest BCUT2D eigenvalue weighted by Gasteiger charge is 2.22. The Hall–Kier alpha value is -1.17. The van der Waals surface area contributed by atoms with Gasteiger partial charge in [-0.15, -0.1) is 23.1 Å². The van der Waals surface area contributed by atoms with E-state index in [2.05, 4.69) is 13.0 Å². The number of nitrogen functional groups attached to an aromatic ring is 1. The third-order valence-electron chi connectivity index (χ3n) is 3.07. The maximum absolute atomic E-state index is 11.5. The number of thioether (sulfide) groups is 1. The molecule has 0 amide bonds. The summed E-state index contributed by atoms with van der Waals surface area (Å²) in [7, 11) is 1.39. The molecule has 1 heterocycles. The number of carbonyl (C=O) groups is 1. The van der Waals surface area contributed by atoms with Crippen LogP contribution in [0.5, 0.6) is 0 Å². The molecule has 0 saturated heterocycles. The van der Waals surface area contributed by atoms with E-state index in [0.29, 0.717) is 10.7 Å². The fourth-order valence-corrected chi connectivity index (χ4v) is 4.56. The minimum atomic E-state index is -0.250. The fourth-order valence-electron chi connectivity index (χ4n) is 1.94. The molecule has 2 aromatic rings. The van der Waals surface area contributed by atoms with E-state index in [1.165, 1.54) is 29.3 Å². The van der Waals surface area contributed by atoms with Gasteiger partial charge in [-0.1, -0.05) is 11.6 Å². The van der Waals surface area contributed by atoms with Crippen LogP contribution in [0.15, 0.2) is 29.6 Å². The van der Waals surface area contributed by atoms with E-state index < -0.39 is 0 Å². The van der Waals surface area contributed by atoms with Crippen LogP contribution in [0.3, 0.4) is 0 Å². The molecule has 21 heavy (non-hydrogen) atoms. The maximum atomic E-state index is 11.5. The normalized spacial score (nSPS) is 12.1. The van der Waals surface area contributed by atoms with Gasteiger partial charge in [0, 0.05) is 15.6 Å². The van der Waals surface area contributed by atoms with Crippen LogP contribution in [0.2, 0.25) is 5.02 Å². The molecule has 1 aromatic heterocycles. The Labute approximate surface area is 137 Å². The van der Waals surface area contributed by atoms with E-state index >= 15 is 0 Å². The smallest absolute Gasteiger partial charge is 0.315 e. The average molecular weight is 342 g/mol. The van der Waals surface area contributed by atoms with Crippen molar-refractivity contribution < 1.29 is 9.53 Å². The van der Waals surface area contributed by atoms with Crippen LogP contribution in [0, 0.1) is 6.92 Å². The largest absolute Gasteiger partial charge is 0.468 e. The monoisotopic (exact) mass is 341 g/mol. The molecule has 1 unspecified atom stereocenters. The van der Waals surface area contributed by atoms with Gasteiger partial charge >= 0.3 is 5.97 Å². The number of methoxy groups -OCH3 is 1. The van der Waals surface area contributed by atoms with Gasteiger partial charge in [0.05, 0.1) is 18.1 Å². The van der Waals surface area contributed by atoms with Gasteiger partial charge in [0.2, 0.25) is 0 Å². The summed E-state index contributed by atoms with van der Waals surface area (Å²) in [5.74, 6) is 0.0181. The first-order valence-corrected chi connectivity index (χ1v) is 8.61. The second kappa shape index (κ2) is 7.20. The molecule has 1 atom stereocenters.